The highest BCUT2D eigenvalue weighted by Crippen LogP contribution is 2.29. The number of benzene rings is 1. The van der Waals surface area contributed by atoms with Crippen LogP contribution in [0, 0.1) is 13.8 Å². The van der Waals surface area contributed by atoms with Crippen LogP contribution in [0.25, 0.3) is 0 Å². The van der Waals surface area contributed by atoms with Crippen molar-refractivity contribution in [1.29, 1.82) is 0 Å². The van der Waals surface area contributed by atoms with E-state index in [9.17, 15) is 4.79 Å². The quantitative estimate of drug-likeness (QED) is 0.911. The summed E-state index contributed by atoms with van der Waals surface area (Å²) in [6, 6.07) is 7.76. The van der Waals surface area contributed by atoms with Gasteiger partial charge in [-0.2, -0.15) is 0 Å². The molecule has 4 heteroatoms. The van der Waals surface area contributed by atoms with Gasteiger partial charge in [-0.1, -0.05) is 23.7 Å². The number of rotatable bonds is 3. The Balaban J connectivity index is 2.39. The summed E-state index contributed by atoms with van der Waals surface area (Å²) in [5.41, 5.74) is 3.10. The predicted molar refractivity (Wildman–Crippen MR) is 81.4 cm³/mol. The van der Waals surface area contributed by atoms with Gasteiger partial charge in [0.25, 0.3) is 5.91 Å². The van der Waals surface area contributed by atoms with Crippen LogP contribution < -0.4 is 5.32 Å². The monoisotopic (exact) mass is 293 g/mol. The Bertz CT molecular complexity index is 601. The number of amides is 1. The van der Waals surface area contributed by atoms with Crippen LogP contribution in [-0.2, 0) is 6.42 Å². The molecular weight excluding hydrogens is 278 g/mol. The van der Waals surface area contributed by atoms with Crippen molar-refractivity contribution >= 4 is 28.8 Å². The van der Waals surface area contributed by atoms with Gasteiger partial charge in [0, 0.05) is 21.8 Å². The number of hydrogen-bond acceptors (Lipinski definition) is 2. The molecule has 1 aromatic carbocycles. The van der Waals surface area contributed by atoms with Gasteiger partial charge in [0.1, 0.15) is 0 Å². The number of aryl methyl sites for hydroxylation is 2. The molecule has 0 fully saturated rings. The molecule has 1 N–H and O–H groups in total. The van der Waals surface area contributed by atoms with E-state index in [2.05, 4.69) is 12.2 Å². The summed E-state index contributed by atoms with van der Waals surface area (Å²) in [5, 5.41) is 3.45. The van der Waals surface area contributed by atoms with E-state index in [0.717, 1.165) is 33.0 Å². The van der Waals surface area contributed by atoms with Crippen molar-refractivity contribution < 1.29 is 4.79 Å². The maximum absolute atomic E-state index is 12.0. The normalized spacial score (nSPS) is 10.5. The lowest BCUT2D eigenvalue weighted by Crippen LogP contribution is -2.19. The first-order valence-electron chi connectivity index (χ1n) is 6.08. The zero-order chi connectivity index (χ0) is 14.0. The smallest absolute Gasteiger partial charge is 0.252 e. The van der Waals surface area contributed by atoms with Gasteiger partial charge in [-0.05, 0) is 43.5 Å². The molecule has 0 unspecified atom stereocenters. The van der Waals surface area contributed by atoms with E-state index in [1.165, 1.54) is 4.88 Å². The number of thiophene rings is 1. The lowest BCUT2D eigenvalue weighted by molar-refractivity contribution is 0.0962. The minimum absolute atomic E-state index is 0.00851. The lowest BCUT2D eigenvalue weighted by atomic mass is 10.00. The van der Waals surface area contributed by atoms with Crippen LogP contribution in [0.4, 0.5) is 0 Å². The Kier molecular flexibility index (Phi) is 4.27. The van der Waals surface area contributed by atoms with E-state index in [4.69, 9.17) is 11.6 Å². The SMILES string of the molecule is CNC(=O)c1c(C)sc(C)c1Cc1ccc(Cl)cc1. The average Bonchev–Trinajstić information content (AvgIpc) is 2.66. The van der Waals surface area contributed by atoms with Gasteiger partial charge < -0.3 is 5.32 Å². The first-order valence-corrected chi connectivity index (χ1v) is 7.27. The van der Waals surface area contributed by atoms with Crippen molar-refractivity contribution in [3.05, 3.63) is 55.7 Å². The number of hydrogen-bond donors (Lipinski definition) is 1. The Labute approximate surface area is 122 Å². The van der Waals surface area contributed by atoms with E-state index in [-0.39, 0.29) is 5.91 Å². The Morgan fingerprint density at radius 2 is 1.84 bits per heavy atom. The third-order valence-corrected chi connectivity index (χ3v) is 4.45. The van der Waals surface area contributed by atoms with Crippen LogP contribution in [-0.4, -0.2) is 13.0 Å². The zero-order valence-electron chi connectivity index (χ0n) is 11.2. The number of halogens is 1. The van der Waals surface area contributed by atoms with Crippen molar-refractivity contribution in [2.45, 2.75) is 20.3 Å². The standard InChI is InChI=1S/C15H16ClNOS/c1-9-13(8-11-4-6-12(16)7-5-11)14(10(2)19-9)15(18)17-3/h4-7H,8H2,1-3H3,(H,17,18). The summed E-state index contributed by atoms with van der Waals surface area (Å²) < 4.78 is 0. The minimum Gasteiger partial charge on any atom is -0.355 e. The van der Waals surface area contributed by atoms with E-state index in [0.29, 0.717) is 0 Å². The topological polar surface area (TPSA) is 29.1 Å². The van der Waals surface area contributed by atoms with E-state index >= 15 is 0 Å². The average molecular weight is 294 g/mol. The molecule has 0 aliphatic heterocycles. The summed E-state index contributed by atoms with van der Waals surface area (Å²) in [6.45, 7) is 4.06. The molecule has 2 aromatic rings. The highest BCUT2D eigenvalue weighted by molar-refractivity contribution is 7.12. The number of carbonyl (C=O) groups excluding carboxylic acids is 1. The van der Waals surface area contributed by atoms with Gasteiger partial charge >= 0.3 is 0 Å². The van der Waals surface area contributed by atoms with Crippen molar-refractivity contribution in [1.82, 2.24) is 5.32 Å². The van der Waals surface area contributed by atoms with Crippen molar-refractivity contribution in [2.24, 2.45) is 0 Å². The molecule has 0 bridgehead atoms. The minimum atomic E-state index is -0.00851. The van der Waals surface area contributed by atoms with E-state index in [1.807, 2.05) is 31.2 Å². The third kappa shape index (κ3) is 2.99. The first-order chi connectivity index (χ1) is 9.02. The zero-order valence-corrected chi connectivity index (χ0v) is 12.8. The summed E-state index contributed by atoms with van der Waals surface area (Å²) in [4.78, 5) is 14.3. The number of carbonyl (C=O) groups is 1. The molecule has 2 rings (SSSR count). The summed E-state index contributed by atoms with van der Waals surface area (Å²) >= 11 is 7.57. The predicted octanol–water partition coefficient (Wildman–Crippen LogP) is 3.97. The largest absolute Gasteiger partial charge is 0.355 e. The van der Waals surface area contributed by atoms with Crippen LogP contribution >= 0.6 is 22.9 Å². The first kappa shape index (κ1) is 14.1. The fraction of sp³-hybridized carbons (Fsp3) is 0.267. The van der Waals surface area contributed by atoms with Gasteiger partial charge in [0.15, 0.2) is 0 Å². The highest BCUT2D eigenvalue weighted by atomic mass is 35.5. The van der Waals surface area contributed by atoms with Crippen LogP contribution in [0.1, 0.15) is 31.2 Å². The maximum atomic E-state index is 12.0. The van der Waals surface area contributed by atoms with Crippen molar-refractivity contribution in [3.8, 4) is 0 Å². The van der Waals surface area contributed by atoms with Crippen LogP contribution in [0.15, 0.2) is 24.3 Å². The fourth-order valence-electron chi connectivity index (χ4n) is 2.17. The van der Waals surface area contributed by atoms with Gasteiger partial charge in [-0.3, -0.25) is 4.79 Å². The molecule has 0 aliphatic carbocycles. The summed E-state index contributed by atoms with van der Waals surface area (Å²) in [5.74, 6) is -0.00851. The summed E-state index contributed by atoms with van der Waals surface area (Å²) in [6.07, 6.45) is 0.760. The van der Waals surface area contributed by atoms with E-state index < -0.39 is 0 Å². The molecular formula is C15H16ClNOS. The molecule has 0 saturated heterocycles. The van der Waals surface area contributed by atoms with Gasteiger partial charge in [-0.15, -0.1) is 11.3 Å². The molecule has 1 amide bonds. The van der Waals surface area contributed by atoms with Crippen LogP contribution in [0.5, 0.6) is 0 Å². The lowest BCUT2D eigenvalue weighted by Gasteiger charge is -2.06. The molecule has 0 radical (unpaired) electrons. The molecule has 0 atom stereocenters. The third-order valence-electron chi connectivity index (χ3n) is 3.13. The second-order valence-electron chi connectivity index (χ2n) is 4.45. The Morgan fingerprint density at radius 1 is 1.21 bits per heavy atom. The van der Waals surface area contributed by atoms with Gasteiger partial charge in [0.05, 0.1) is 5.56 Å². The van der Waals surface area contributed by atoms with Crippen LogP contribution in [0.2, 0.25) is 5.02 Å². The molecule has 2 nitrogen and oxygen atoms in total. The summed E-state index contributed by atoms with van der Waals surface area (Å²) in [7, 11) is 1.67. The molecule has 0 spiro atoms. The fourth-order valence-corrected chi connectivity index (χ4v) is 3.37. The van der Waals surface area contributed by atoms with E-state index in [1.54, 1.807) is 18.4 Å². The van der Waals surface area contributed by atoms with Crippen molar-refractivity contribution in [3.63, 3.8) is 0 Å². The highest BCUT2D eigenvalue weighted by Gasteiger charge is 2.18. The maximum Gasteiger partial charge on any atom is 0.252 e. The second-order valence-corrected chi connectivity index (χ2v) is 6.32. The number of nitrogens with one attached hydrogen (secondary N) is 1. The Morgan fingerprint density at radius 3 is 2.42 bits per heavy atom. The van der Waals surface area contributed by atoms with Gasteiger partial charge in [0.2, 0.25) is 0 Å². The Hall–Kier alpha value is -1.32. The molecule has 0 aliphatic rings. The van der Waals surface area contributed by atoms with Crippen molar-refractivity contribution in [2.75, 3.05) is 7.05 Å². The molecule has 19 heavy (non-hydrogen) atoms. The molecule has 1 heterocycles. The van der Waals surface area contributed by atoms with Gasteiger partial charge in [-0.25, -0.2) is 0 Å². The molecule has 100 valence electrons. The van der Waals surface area contributed by atoms with Crippen LogP contribution in [0.3, 0.4) is 0 Å². The molecule has 0 saturated carbocycles. The second kappa shape index (κ2) is 5.76. The molecule has 1 aromatic heterocycles.